The molecule has 0 amide bonds. The van der Waals surface area contributed by atoms with Crippen molar-refractivity contribution in [2.75, 3.05) is 19.0 Å². The van der Waals surface area contributed by atoms with Gasteiger partial charge in [0.05, 0.1) is 19.9 Å². The van der Waals surface area contributed by atoms with Crippen LogP contribution in [0.2, 0.25) is 0 Å². The first-order valence-corrected chi connectivity index (χ1v) is 4.03. The fourth-order valence-corrected chi connectivity index (χ4v) is 0.845. The van der Waals surface area contributed by atoms with E-state index >= 15 is 0 Å². The zero-order chi connectivity index (χ0) is 9.68. The van der Waals surface area contributed by atoms with Crippen LogP contribution in [-0.2, 0) is 0 Å². The summed E-state index contributed by atoms with van der Waals surface area (Å²) < 4.78 is 5.02. The van der Waals surface area contributed by atoms with Crippen LogP contribution in [0.4, 0.5) is 5.82 Å². The molecule has 5 heteroatoms. The Labute approximate surface area is 81.6 Å². The summed E-state index contributed by atoms with van der Waals surface area (Å²) in [7, 11) is 1.55. The van der Waals surface area contributed by atoms with Gasteiger partial charge in [0.15, 0.2) is 11.6 Å². The highest BCUT2D eigenvalue weighted by molar-refractivity contribution is 6.29. The average molecular weight is 200 g/mol. The van der Waals surface area contributed by atoms with Crippen molar-refractivity contribution < 1.29 is 4.74 Å². The Balaban J connectivity index is 2.69. The van der Waals surface area contributed by atoms with Gasteiger partial charge in [0.1, 0.15) is 6.33 Å². The Bertz CT molecular complexity index is 303. The van der Waals surface area contributed by atoms with Gasteiger partial charge in [-0.25, -0.2) is 9.97 Å². The van der Waals surface area contributed by atoms with E-state index in [4.69, 9.17) is 16.3 Å². The van der Waals surface area contributed by atoms with Crippen LogP contribution in [-0.4, -0.2) is 23.6 Å². The van der Waals surface area contributed by atoms with Gasteiger partial charge in [-0.05, 0) is 0 Å². The number of aromatic nitrogens is 2. The number of hydrogen-bond acceptors (Lipinski definition) is 4. The van der Waals surface area contributed by atoms with Crippen molar-refractivity contribution in [3.05, 3.63) is 24.1 Å². The van der Waals surface area contributed by atoms with E-state index in [1.807, 2.05) is 0 Å². The molecule has 0 bridgehead atoms. The standard InChI is InChI=1S/C8H10ClN3O/c1-6(9)3-11-8-7(13-2)4-10-5-12-8/h4-5H,1,3H2,2H3,(H,10,11,12). The summed E-state index contributed by atoms with van der Waals surface area (Å²) in [4.78, 5) is 7.79. The molecule has 4 nitrogen and oxygen atoms in total. The van der Waals surface area contributed by atoms with Crippen molar-refractivity contribution >= 4 is 17.4 Å². The summed E-state index contributed by atoms with van der Waals surface area (Å²) >= 11 is 5.58. The van der Waals surface area contributed by atoms with Gasteiger partial charge in [0.2, 0.25) is 0 Å². The second-order valence-electron chi connectivity index (χ2n) is 2.31. The molecule has 0 saturated heterocycles. The van der Waals surface area contributed by atoms with Crippen molar-refractivity contribution in [1.82, 2.24) is 9.97 Å². The van der Waals surface area contributed by atoms with Gasteiger partial charge < -0.3 is 10.1 Å². The van der Waals surface area contributed by atoms with E-state index < -0.39 is 0 Å². The number of hydrogen-bond donors (Lipinski definition) is 1. The van der Waals surface area contributed by atoms with Gasteiger partial charge in [-0.1, -0.05) is 18.2 Å². The molecular formula is C8H10ClN3O. The Morgan fingerprint density at radius 1 is 1.77 bits per heavy atom. The molecule has 1 heterocycles. The van der Waals surface area contributed by atoms with Crippen LogP contribution < -0.4 is 10.1 Å². The Morgan fingerprint density at radius 2 is 2.54 bits per heavy atom. The molecule has 70 valence electrons. The molecule has 0 aliphatic carbocycles. The molecule has 0 spiro atoms. The maximum Gasteiger partial charge on any atom is 0.179 e. The molecule has 13 heavy (non-hydrogen) atoms. The van der Waals surface area contributed by atoms with Gasteiger partial charge in [0, 0.05) is 5.03 Å². The van der Waals surface area contributed by atoms with Gasteiger partial charge >= 0.3 is 0 Å². The molecule has 1 rings (SSSR count). The van der Waals surface area contributed by atoms with Crippen LogP contribution in [0.3, 0.4) is 0 Å². The van der Waals surface area contributed by atoms with E-state index in [9.17, 15) is 0 Å². The summed E-state index contributed by atoms with van der Waals surface area (Å²) in [6, 6.07) is 0. The number of nitrogens with zero attached hydrogens (tertiary/aromatic N) is 2. The molecule has 0 unspecified atom stereocenters. The molecule has 1 aromatic rings. The zero-order valence-corrected chi connectivity index (χ0v) is 8.01. The van der Waals surface area contributed by atoms with Crippen LogP contribution in [0.1, 0.15) is 0 Å². The molecular weight excluding hydrogens is 190 g/mol. The zero-order valence-electron chi connectivity index (χ0n) is 7.25. The van der Waals surface area contributed by atoms with Crippen molar-refractivity contribution in [3.63, 3.8) is 0 Å². The van der Waals surface area contributed by atoms with Crippen LogP contribution in [0.5, 0.6) is 5.75 Å². The van der Waals surface area contributed by atoms with E-state index in [0.717, 1.165) is 0 Å². The van der Waals surface area contributed by atoms with Crippen LogP contribution in [0.25, 0.3) is 0 Å². The number of halogens is 1. The lowest BCUT2D eigenvalue weighted by atomic mass is 10.5. The highest BCUT2D eigenvalue weighted by atomic mass is 35.5. The predicted octanol–water partition coefficient (Wildman–Crippen LogP) is 1.65. The summed E-state index contributed by atoms with van der Waals surface area (Å²) in [5, 5.41) is 3.47. The molecule has 0 aliphatic rings. The van der Waals surface area contributed by atoms with Gasteiger partial charge in [-0.15, -0.1) is 0 Å². The molecule has 0 fully saturated rings. The van der Waals surface area contributed by atoms with E-state index in [1.165, 1.54) is 6.33 Å². The Morgan fingerprint density at radius 3 is 3.15 bits per heavy atom. The normalized spacial score (nSPS) is 9.38. The van der Waals surface area contributed by atoms with Gasteiger partial charge in [-0.3, -0.25) is 0 Å². The third kappa shape index (κ3) is 2.91. The first-order valence-electron chi connectivity index (χ1n) is 3.65. The second kappa shape index (κ2) is 4.67. The smallest absolute Gasteiger partial charge is 0.179 e. The number of nitrogens with one attached hydrogen (secondary N) is 1. The van der Waals surface area contributed by atoms with Crippen LogP contribution in [0, 0.1) is 0 Å². The lowest BCUT2D eigenvalue weighted by molar-refractivity contribution is 0.413. The van der Waals surface area contributed by atoms with Gasteiger partial charge in [0.25, 0.3) is 0 Å². The van der Waals surface area contributed by atoms with Crippen molar-refractivity contribution in [2.24, 2.45) is 0 Å². The maximum absolute atomic E-state index is 5.58. The molecule has 1 N–H and O–H groups in total. The maximum atomic E-state index is 5.58. The topological polar surface area (TPSA) is 47.0 Å². The Kier molecular flexibility index (Phi) is 3.52. The molecule has 0 aliphatic heterocycles. The van der Waals surface area contributed by atoms with Crippen LogP contribution >= 0.6 is 11.6 Å². The minimum Gasteiger partial charge on any atom is -0.491 e. The molecule has 0 saturated carbocycles. The third-order valence-corrected chi connectivity index (χ3v) is 1.48. The van der Waals surface area contributed by atoms with Crippen molar-refractivity contribution in [2.45, 2.75) is 0 Å². The number of anilines is 1. The Hall–Kier alpha value is -1.29. The lowest BCUT2D eigenvalue weighted by Gasteiger charge is -2.07. The summed E-state index contributed by atoms with van der Waals surface area (Å²) in [6.45, 7) is 4.00. The summed E-state index contributed by atoms with van der Waals surface area (Å²) in [5.74, 6) is 1.19. The summed E-state index contributed by atoms with van der Waals surface area (Å²) in [6.07, 6.45) is 3.01. The van der Waals surface area contributed by atoms with Crippen molar-refractivity contribution in [3.8, 4) is 5.75 Å². The number of methoxy groups -OCH3 is 1. The monoisotopic (exact) mass is 199 g/mol. The molecule has 0 aromatic carbocycles. The second-order valence-corrected chi connectivity index (χ2v) is 2.85. The summed E-state index contributed by atoms with van der Waals surface area (Å²) in [5.41, 5.74) is 0. The van der Waals surface area contributed by atoms with Crippen LogP contribution in [0.15, 0.2) is 24.1 Å². The van der Waals surface area contributed by atoms with E-state index in [-0.39, 0.29) is 0 Å². The fourth-order valence-electron chi connectivity index (χ4n) is 0.779. The van der Waals surface area contributed by atoms with Gasteiger partial charge in [-0.2, -0.15) is 0 Å². The molecule has 0 atom stereocenters. The first-order chi connectivity index (χ1) is 6.24. The van der Waals surface area contributed by atoms with E-state index in [2.05, 4.69) is 21.9 Å². The van der Waals surface area contributed by atoms with E-state index in [1.54, 1.807) is 13.3 Å². The SMILES string of the molecule is C=C(Cl)CNc1ncncc1OC. The molecule has 1 aromatic heterocycles. The fraction of sp³-hybridized carbons (Fsp3) is 0.250. The third-order valence-electron chi connectivity index (χ3n) is 1.35. The highest BCUT2D eigenvalue weighted by Gasteiger charge is 2.02. The largest absolute Gasteiger partial charge is 0.491 e. The average Bonchev–Trinajstić information content (AvgIpc) is 2.15. The number of ether oxygens (including phenoxy) is 1. The lowest BCUT2D eigenvalue weighted by Crippen LogP contribution is -2.04. The van der Waals surface area contributed by atoms with E-state index in [0.29, 0.717) is 23.1 Å². The number of rotatable bonds is 4. The van der Waals surface area contributed by atoms with Crippen molar-refractivity contribution in [1.29, 1.82) is 0 Å². The highest BCUT2D eigenvalue weighted by Crippen LogP contribution is 2.18. The first kappa shape index (κ1) is 9.80. The minimum atomic E-state index is 0.453. The predicted molar refractivity (Wildman–Crippen MR) is 52.1 cm³/mol. The quantitative estimate of drug-likeness (QED) is 0.801. The minimum absolute atomic E-state index is 0.453. The molecule has 0 radical (unpaired) electrons.